The first-order valence-corrected chi connectivity index (χ1v) is 10.3. The molecule has 0 saturated heterocycles. The van der Waals surface area contributed by atoms with E-state index in [2.05, 4.69) is 18.3 Å². The van der Waals surface area contributed by atoms with Crippen LogP contribution < -0.4 is 5.32 Å². The highest BCUT2D eigenvalue weighted by atomic mass is 32.2. The van der Waals surface area contributed by atoms with Crippen molar-refractivity contribution >= 4 is 29.1 Å². The minimum Gasteiger partial charge on any atom is -0.325 e. The molecule has 0 aliphatic rings. The topological polar surface area (TPSA) is 46.2 Å². The number of benzene rings is 2. The Morgan fingerprint density at radius 3 is 2.30 bits per heavy atom. The molecule has 0 aromatic heterocycles. The highest BCUT2D eigenvalue weighted by molar-refractivity contribution is 7.99. The molecule has 2 aromatic rings. The Bertz CT molecular complexity index is 886. The third-order valence-electron chi connectivity index (χ3n) is 4.98. The summed E-state index contributed by atoms with van der Waals surface area (Å²) in [6.45, 7) is 13.6. The molecule has 0 unspecified atom stereocenters. The van der Waals surface area contributed by atoms with Crippen molar-refractivity contribution in [3.8, 4) is 0 Å². The van der Waals surface area contributed by atoms with E-state index in [0.717, 1.165) is 39.1 Å². The summed E-state index contributed by atoms with van der Waals surface area (Å²) >= 11 is 1.60. The van der Waals surface area contributed by atoms with Gasteiger partial charge in [-0.1, -0.05) is 18.2 Å². The van der Waals surface area contributed by atoms with Gasteiger partial charge in [0.2, 0.25) is 5.91 Å². The van der Waals surface area contributed by atoms with Crippen LogP contribution in [0.15, 0.2) is 24.3 Å². The van der Waals surface area contributed by atoms with Crippen LogP contribution >= 0.6 is 11.8 Å². The quantitative estimate of drug-likeness (QED) is 0.652. The van der Waals surface area contributed by atoms with Gasteiger partial charge in [0.1, 0.15) is 0 Å². The van der Waals surface area contributed by atoms with E-state index in [0.29, 0.717) is 5.75 Å². The Kier molecular flexibility index (Phi) is 6.88. The fourth-order valence-electron chi connectivity index (χ4n) is 3.38. The van der Waals surface area contributed by atoms with Gasteiger partial charge in [0.25, 0.3) is 0 Å². The van der Waals surface area contributed by atoms with Crippen LogP contribution in [0, 0.1) is 34.6 Å². The molecular formula is C23H29NO2S. The monoisotopic (exact) mass is 383 g/mol. The van der Waals surface area contributed by atoms with Crippen molar-refractivity contribution in [1.29, 1.82) is 0 Å². The number of hydrogen-bond acceptors (Lipinski definition) is 3. The average molecular weight is 384 g/mol. The summed E-state index contributed by atoms with van der Waals surface area (Å²) in [6.07, 6.45) is 0. The van der Waals surface area contributed by atoms with Gasteiger partial charge in [-0.2, -0.15) is 0 Å². The lowest BCUT2D eigenvalue weighted by atomic mass is 9.92. The van der Waals surface area contributed by atoms with Crippen molar-refractivity contribution in [3.05, 3.63) is 63.2 Å². The fourth-order valence-corrected chi connectivity index (χ4v) is 4.45. The number of amides is 1. The lowest BCUT2D eigenvalue weighted by Gasteiger charge is -2.18. The van der Waals surface area contributed by atoms with Crippen LogP contribution in [-0.2, 0) is 10.5 Å². The summed E-state index contributed by atoms with van der Waals surface area (Å²) in [5.74, 6) is 0.805. The first-order chi connectivity index (χ1) is 12.6. The number of carbonyl (C=O) groups excluding carboxylic acids is 2. The van der Waals surface area contributed by atoms with Gasteiger partial charge >= 0.3 is 0 Å². The van der Waals surface area contributed by atoms with Crippen molar-refractivity contribution in [2.24, 2.45) is 0 Å². The lowest BCUT2D eigenvalue weighted by molar-refractivity contribution is -0.115. The minimum absolute atomic E-state index is 0.00269. The van der Waals surface area contributed by atoms with Crippen LogP contribution in [0.1, 0.15) is 57.6 Å². The Morgan fingerprint density at radius 1 is 1.00 bits per heavy atom. The third kappa shape index (κ3) is 5.01. The maximum absolute atomic E-state index is 12.6. The Hall–Kier alpha value is -2.07. The second kappa shape index (κ2) is 8.75. The number of ketones is 1. The van der Waals surface area contributed by atoms with Crippen LogP contribution in [0.4, 0.5) is 5.69 Å². The van der Waals surface area contributed by atoms with E-state index in [1.165, 1.54) is 5.56 Å². The van der Waals surface area contributed by atoms with Crippen LogP contribution in [-0.4, -0.2) is 16.9 Å². The van der Waals surface area contributed by atoms with Crippen LogP contribution in [0.3, 0.4) is 0 Å². The predicted molar refractivity (Wildman–Crippen MR) is 116 cm³/mol. The zero-order valence-electron chi connectivity index (χ0n) is 17.3. The molecule has 0 aliphatic carbocycles. The number of carbonyl (C=O) groups is 2. The number of hydrogen-bond donors (Lipinski definition) is 1. The van der Waals surface area contributed by atoms with Crippen molar-refractivity contribution in [2.45, 2.75) is 59.5 Å². The summed E-state index contributed by atoms with van der Waals surface area (Å²) < 4.78 is 0. The van der Waals surface area contributed by atoms with Crippen molar-refractivity contribution in [2.75, 3.05) is 5.32 Å². The van der Waals surface area contributed by atoms with E-state index in [4.69, 9.17) is 0 Å². The van der Waals surface area contributed by atoms with Gasteiger partial charge in [0.05, 0.1) is 5.25 Å². The van der Waals surface area contributed by atoms with Gasteiger partial charge in [-0.25, -0.2) is 0 Å². The number of aryl methyl sites for hydroxylation is 4. The van der Waals surface area contributed by atoms with E-state index >= 15 is 0 Å². The van der Waals surface area contributed by atoms with E-state index in [-0.39, 0.29) is 16.9 Å². The summed E-state index contributed by atoms with van der Waals surface area (Å²) in [5, 5.41) is 2.85. The van der Waals surface area contributed by atoms with E-state index < -0.39 is 0 Å². The Labute approximate surface area is 166 Å². The number of rotatable bonds is 6. The molecule has 1 N–H and O–H groups in total. The predicted octanol–water partition coefficient (Wildman–Crippen LogP) is 5.69. The molecule has 4 heteroatoms. The molecule has 144 valence electrons. The van der Waals surface area contributed by atoms with Crippen molar-refractivity contribution < 1.29 is 9.59 Å². The largest absolute Gasteiger partial charge is 0.325 e. The summed E-state index contributed by atoms with van der Waals surface area (Å²) in [7, 11) is 0. The number of nitrogens with one attached hydrogen (secondary N) is 1. The molecule has 0 heterocycles. The smallest absolute Gasteiger partial charge is 0.237 e. The molecule has 0 bridgehead atoms. The van der Waals surface area contributed by atoms with Crippen LogP contribution in [0.5, 0.6) is 0 Å². The molecule has 2 aromatic carbocycles. The molecule has 0 radical (unpaired) electrons. The van der Waals surface area contributed by atoms with E-state index in [1.807, 2.05) is 52.8 Å². The summed E-state index contributed by atoms with van der Waals surface area (Å²) in [4.78, 5) is 24.6. The Balaban J connectivity index is 2.12. The first kappa shape index (κ1) is 21.2. The number of anilines is 1. The van der Waals surface area contributed by atoms with Gasteiger partial charge in [-0.3, -0.25) is 9.59 Å². The zero-order valence-corrected chi connectivity index (χ0v) is 18.1. The lowest BCUT2D eigenvalue weighted by Crippen LogP contribution is -2.23. The maximum Gasteiger partial charge on any atom is 0.237 e. The normalized spacial score (nSPS) is 12.0. The van der Waals surface area contributed by atoms with Gasteiger partial charge in [-0.05, 0) is 87.9 Å². The molecule has 0 fully saturated rings. The number of Topliss-reactive ketones (excluding diaryl/α,β-unsaturated/α-hetero) is 1. The molecule has 0 saturated carbocycles. The molecule has 3 nitrogen and oxygen atoms in total. The molecule has 1 atom stereocenters. The minimum atomic E-state index is -0.189. The standard InChI is InChI=1S/C23H29NO2S/c1-13-8-9-14(2)21(10-13)24-23(26)19(7)27-12-20-15(3)11-16(4)22(17(20)5)18(6)25/h8-11,19H,12H2,1-7H3,(H,24,26)/t19-/m0/s1. The van der Waals surface area contributed by atoms with Gasteiger partial charge in [0.15, 0.2) is 5.78 Å². The van der Waals surface area contributed by atoms with Crippen LogP contribution in [0.2, 0.25) is 0 Å². The SMILES string of the molecule is CC(=O)c1c(C)cc(C)c(CS[C@@H](C)C(=O)Nc2cc(C)ccc2C)c1C. The highest BCUT2D eigenvalue weighted by Gasteiger charge is 2.18. The van der Waals surface area contributed by atoms with E-state index in [1.54, 1.807) is 18.7 Å². The Morgan fingerprint density at radius 2 is 1.67 bits per heavy atom. The van der Waals surface area contributed by atoms with E-state index in [9.17, 15) is 9.59 Å². The third-order valence-corrected chi connectivity index (χ3v) is 6.15. The highest BCUT2D eigenvalue weighted by Crippen LogP contribution is 2.28. The molecule has 2 rings (SSSR count). The molecule has 0 spiro atoms. The second-order valence-corrected chi connectivity index (χ2v) is 8.64. The second-order valence-electron chi connectivity index (χ2n) is 7.31. The molecule has 27 heavy (non-hydrogen) atoms. The molecule has 0 aliphatic heterocycles. The first-order valence-electron chi connectivity index (χ1n) is 9.22. The molecule has 1 amide bonds. The summed E-state index contributed by atoms with van der Waals surface area (Å²) in [6, 6.07) is 8.13. The number of thioether (sulfide) groups is 1. The van der Waals surface area contributed by atoms with Gasteiger partial charge in [0, 0.05) is 17.0 Å². The molecular weight excluding hydrogens is 354 g/mol. The van der Waals surface area contributed by atoms with Gasteiger partial charge in [-0.15, -0.1) is 11.8 Å². The van der Waals surface area contributed by atoms with Gasteiger partial charge < -0.3 is 5.32 Å². The zero-order chi connectivity index (χ0) is 20.3. The van der Waals surface area contributed by atoms with Crippen molar-refractivity contribution in [1.82, 2.24) is 0 Å². The van der Waals surface area contributed by atoms with Crippen LogP contribution in [0.25, 0.3) is 0 Å². The summed E-state index contributed by atoms with van der Waals surface area (Å²) in [5.41, 5.74) is 8.24. The maximum atomic E-state index is 12.6. The fraction of sp³-hybridized carbons (Fsp3) is 0.391. The average Bonchev–Trinajstić information content (AvgIpc) is 2.56. The van der Waals surface area contributed by atoms with Crippen molar-refractivity contribution in [3.63, 3.8) is 0 Å².